The van der Waals surface area contributed by atoms with Crippen LogP contribution in [-0.4, -0.2) is 14.5 Å². The Bertz CT molecular complexity index is 939. The fourth-order valence-electron chi connectivity index (χ4n) is 2.71. The fourth-order valence-corrected chi connectivity index (χ4v) is 4.16. The number of oxazole rings is 1. The molecule has 0 N–H and O–H groups in total. The quantitative estimate of drug-likeness (QED) is 0.538. The van der Waals surface area contributed by atoms with Crippen LogP contribution in [-0.2, 0) is 0 Å². The number of benzene rings is 3. The van der Waals surface area contributed by atoms with Crippen molar-refractivity contribution in [2.45, 2.75) is 0 Å². The van der Waals surface area contributed by atoms with Crippen molar-refractivity contribution in [2.24, 2.45) is 0 Å². The van der Waals surface area contributed by atoms with Gasteiger partial charge in [0.1, 0.15) is 5.52 Å². The van der Waals surface area contributed by atoms with Gasteiger partial charge < -0.3 is 4.42 Å². The first kappa shape index (κ1) is 14.7. The minimum atomic E-state index is -0.386. The predicted octanol–water partition coefficient (Wildman–Crippen LogP) is 3.12. The Morgan fingerprint density at radius 2 is 1.42 bits per heavy atom. The maximum atomic E-state index is 5.70. The van der Waals surface area contributed by atoms with Crippen LogP contribution in [0.2, 0.25) is 0 Å². The largest absolute Gasteiger partial charge is 0.437 e. The monoisotopic (exact) mass is 327 g/mol. The van der Waals surface area contributed by atoms with Gasteiger partial charge in [-0.2, -0.15) is 0 Å². The predicted molar refractivity (Wildman–Crippen MR) is 104 cm³/mol. The number of fused-ring (bicyclic) bond motifs is 1. The molecule has 0 aliphatic heterocycles. The van der Waals surface area contributed by atoms with Crippen molar-refractivity contribution < 1.29 is 4.42 Å². The van der Waals surface area contributed by atoms with Crippen LogP contribution in [0, 0.1) is 0 Å². The summed E-state index contributed by atoms with van der Waals surface area (Å²) >= 11 is 0. The fraction of sp³-hybridized carbons (Fsp3) is 0. The summed E-state index contributed by atoms with van der Waals surface area (Å²) in [4.78, 5) is 4.45. The van der Waals surface area contributed by atoms with Crippen molar-refractivity contribution in [3.8, 4) is 0 Å². The van der Waals surface area contributed by atoms with Gasteiger partial charge in [-0.15, -0.1) is 0 Å². The van der Waals surface area contributed by atoms with Gasteiger partial charge in [0, 0.05) is 6.08 Å². The summed E-state index contributed by atoms with van der Waals surface area (Å²) in [7, 11) is -0.386. The Morgan fingerprint density at radius 1 is 0.708 bits per heavy atom. The molecule has 0 saturated heterocycles. The van der Waals surface area contributed by atoms with E-state index in [2.05, 4.69) is 59.6 Å². The molecule has 3 aromatic carbocycles. The molecule has 0 bridgehead atoms. The molecule has 0 aliphatic rings. The zero-order chi connectivity index (χ0) is 16.2. The SMILES string of the molecule is C(=Cc1nc2ccccc2o1)c1ccc([SiH2]c2ccccc2)cc1. The molecule has 2 nitrogen and oxygen atoms in total. The van der Waals surface area contributed by atoms with E-state index in [1.54, 1.807) is 0 Å². The van der Waals surface area contributed by atoms with Gasteiger partial charge in [-0.25, -0.2) is 4.98 Å². The van der Waals surface area contributed by atoms with Gasteiger partial charge in [-0.1, -0.05) is 77.1 Å². The number of aromatic nitrogens is 1. The van der Waals surface area contributed by atoms with E-state index in [1.165, 1.54) is 10.4 Å². The van der Waals surface area contributed by atoms with Crippen molar-refractivity contribution in [1.29, 1.82) is 0 Å². The van der Waals surface area contributed by atoms with E-state index < -0.39 is 0 Å². The summed E-state index contributed by atoms with van der Waals surface area (Å²) in [6.07, 6.45) is 3.96. The van der Waals surface area contributed by atoms with Gasteiger partial charge in [-0.05, 0) is 23.8 Å². The van der Waals surface area contributed by atoms with E-state index in [0.717, 1.165) is 16.7 Å². The van der Waals surface area contributed by atoms with E-state index in [9.17, 15) is 0 Å². The lowest BCUT2D eigenvalue weighted by molar-refractivity contribution is 0.590. The van der Waals surface area contributed by atoms with Crippen LogP contribution < -0.4 is 10.4 Å². The highest BCUT2D eigenvalue weighted by atomic mass is 28.2. The average Bonchev–Trinajstić information content (AvgIpc) is 3.05. The van der Waals surface area contributed by atoms with Crippen molar-refractivity contribution in [3.63, 3.8) is 0 Å². The molecular weight excluding hydrogens is 310 g/mol. The summed E-state index contributed by atoms with van der Waals surface area (Å²) in [5.74, 6) is 0.638. The summed E-state index contributed by atoms with van der Waals surface area (Å²) in [6, 6.07) is 27.3. The van der Waals surface area contributed by atoms with E-state index in [1.807, 2.05) is 36.4 Å². The molecule has 3 heteroatoms. The number of hydrogen-bond acceptors (Lipinski definition) is 2. The van der Waals surface area contributed by atoms with Gasteiger partial charge in [0.2, 0.25) is 5.89 Å². The Hall–Kier alpha value is -2.91. The third kappa shape index (κ3) is 3.36. The highest BCUT2D eigenvalue weighted by Gasteiger charge is 2.01. The number of nitrogens with zero attached hydrogens (tertiary/aromatic N) is 1. The van der Waals surface area contributed by atoms with Crippen molar-refractivity contribution >= 4 is 43.1 Å². The molecule has 0 atom stereocenters. The second-order valence-electron chi connectivity index (χ2n) is 5.76. The summed E-state index contributed by atoms with van der Waals surface area (Å²) in [5.41, 5.74) is 2.87. The maximum Gasteiger partial charge on any atom is 0.220 e. The summed E-state index contributed by atoms with van der Waals surface area (Å²) < 4.78 is 5.70. The molecule has 116 valence electrons. The Balaban J connectivity index is 1.48. The topological polar surface area (TPSA) is 26.0 Å². The van der Waals surface area contributed by atoms with Crippen molar-refractivity contribution in [2.75, 3.05) is 0 Å². The third-order valence-corrected chi connectivity index (χ3v) is 5.72. The number of hydrogen-bond donors (Lipinski definition) is 0. The molecule has 0 fully saturated rings. The molecule has 0 aliphatic carbocycles. The highest BCUT2D eigenvalue weighted by molar-refractivity contribution is 6.67. The second kappa shape index (κ2) is 6.68. The van der Waals surface area contributed by atoms with Crippen molar-refractivity contribution in [1.82, 2.24) is 4.98 Å². The van der Waals surface area contributed by atoms with Gasteiger partial charge in [-0.3, -0.25) is 0 Å². The zero-order valence-corrected chi connectivity index (χ0v) is 14.6. The summed E-state index contributed by atoms with van der Waals surface area (Å²) in [5, 5.41) is 2.91. The van der Waals surface area contributed by atoms with Crippen LogP contribution in [0.15, 0.2) is 83.3 Å². The van der Waals surface area contributed by atoms with Gasteiger partial charge in [0.05, 0.1) is 9.52 Å². The van der Waals surface area contributed by atoms with Crippen LogP contribution >= 0.6 is 0 Å². The first-order valence-electron chi connectivity index (χ1n) is 8.03. The lowest BCUT2D eigenvalue weighted by Crippen LogP contribution is -2.26. The molecular formula is C21H17NOSi. The lowest BCUT2D eigenvalue weighted by atomic mass is 10.2. The van der Waals surface area contributed by atoms with E-state index in [0.29, 0.717) is 5.89 Å². The molecule has 0 radical (unpaired) electrons. The second-order valence-corrected chi connectivity index (χ2v) is 7.74. The molecule has 1 aromatic heterocycles. The zero-order valence-electron chi connectivity index (χ0n) is 13.2. The minimum Gasteiger partial charge on any atom is -0.437 e. The minimum absolute atomic E-state index is 0.386. The summed E-state index contributed by atoms with van der Waals surface area (Å²) in [6.45, 7) is 0. The van der Waals surface area contributed by atoms with Crippen LogP contribution in [0.3, 0.4) is 0 Å². The molecule has 4 aromatic rings. The van der Waals surface area contributed by atoms with E-state index in [-0.39, 0.29) is 9.52 Å². The maximum absolute atomic E-state index is 5.70. The van der Waals surface area contributed by atoms with E-state index >= 15 is 0 Å². The number of para-hydroxylation sites is 2. The highest BCUT2D eigenvalue weighted by Crippen LogP contribution is 2.16. The standard InChI is InChI=1S/C21H17NOSi/c1-2-6-17(7-3-1)24-18-13-10-16(11-14-18)12-15-21-22-19-8-4-5-9-20(19)23-21/h1-15H,24H2. The van der Waals surface area contributed by atoms with Crippen LogP contribution in [0.25, 0.3) is 23.3 Å². The van der Waals surface area contributed by atoms with Crippen LogP contribution in [0.5, 0.6) is 0 Å². The normalized spacial score (nSPS) is 11.8. The molecule has 1 heterocycles. The Morgan fingerprint density at radius 3 is 2.21 bits per heavy atom. The van der Waals surface area contributed by atoms with Crippen molar-refractivity contribution in [3.05, 3.63) is 90.3 Å². The van der Waals surface area contributed by atoms with Gasteiger partial charge in [0.15, 0.2) is 5.58 Å². The Labute approximate surface area is 143 Å². The van der Waals surface area contributed by atoms with Gasteiger partial charge >= 0.3 is 0 Å². The molecule has 0 amide bonds. The Kier molecular flexibility index (Phi) is 4.08. The molecule has 0 unspecified atom stereocenters. The van der Waals surface area contributed by atoms with Gasteiger partial charge in [0.25, 0.3) is 0 Å². The number of rotatable bonds is 4. The molecule has 4 rings (SSSR count). The molecule has 0 saturated carbocycles. The first-order chi connectivity index (χ1) is 11.9. The average molecular weight is 327 g/mol. The molecule has 0 spiro atoms. The smallest absolute Gasteiger partial charge is 0.220 e. The first-order valence-corrected chi connectivity index (χ1v) is 9.45. The van der Waals surface area contributed by atoms with Crippen LogP contribution in [0.1, 0.15) is 11.5 Å². The van der Waals surface area contributed by atoms with E-state index in [4.69, 9.17) is 4.42 Å². The molecule has 24 heavy (non-hydrogen) atoms. The van der Waals surface area contributed by atoms with Crippen LogP contribution in [0.4, 0.5) is 0 Å². The third-order valence-electron chi connectivity index (χ3n) is 3.96. The lowest BCUT2D eigenvalue weighted by Gasteiger charge is -2.01.